The Bertz CT molecular complexity index is 156. The maximum absolute atomic E-state index is 5.81. The summed E-state index contributed by atoms with van der Waals surface area (Å²) in [5, 5.41) is 0. The van der Waals surface area contributed by atoms with Gasteiger partial charge in [0.15, 0.2) is 0 Å². The summed E-state index contributed by atoms with van der Waals surface area (Å²) in [4.78, 5) is 2.44. The van der Waals surface area contributed by atoms with Crippen molar-refractivity contribution in [2.45, 2.75) is 39.7 Å². The predicted octanol–water partition coefficient (Wildman–Crippen LogP) is 1.70. The number of hydrogen-bond acceptors (Lipinski definition) is 2. The van der Waals surface area contributed by atoms with Crippen molar-refractivity contribution in [2.24, 2.45) is 17.1 Å². The smallest absolute Gasteiger partial charge is 0.0263 e. The SMILES string of the molecule is CN(CC1CC1)C(CN)C(C)(C)C. The molecule has 1 rings (SSSR count). The van der Waals surface area contributed by atoms with E-state index in [2.05, 4.69) is 32.7 Å². The highest BCUT2D eigenvalue weighted by Crippen LogP contribution is 2.32. The van der Waals surface area contributed by atoms with Crippen LogP contribution in [0.2, 0.25) is 0 Å². The van der Waals surface area contributed by atoms with Gasteiger partial charge in [-0.2, -0.15) is 0 Å². The Kier molecular flexibility index (Phi) is 3.36. The minimum atomic E-state index is 0.304. The largest absolute Gasteiger partial charge is 0.329 e. The molecule has 1 fully saturated rings. The van der Waals surface area contributed by atoms with Crippen molar-refractivity contribution in [3.8, 4) is 0 Å². The molecule has 1 aliphatic rings. The van der Waals surface area contributed by atoms with Gasteiger partial charge in [0.1, 0.15) is 0 Å². The highest BCUT2D eigenvalue weighted by atomic mass is 15.2. The van der Waals surface area contributed by atoms with Crippen LogP contribution in [-0.2, 0) is 0 Å². The summed E-state index contributed by atoms with van der Waals surface area (Å²) in [6, 6.07) is 0.521. The molecule has 1 atom stereocenters. The molecule has 2 heteroatoms. The van der Waals surface area contributed by atoms with E-state index < -0.39 is 0 Å². The molecule has 78 valence electrons. The van der Waals surface area contributed by atoms with Crippen LogP contribution < -0.4 is 5.73 Å². The summed E-state index contributed by atoms with van der Waals surface area (Å²) < 4.78 is 0. The average Bonchev–Trinajstić information content (AvgIpc) is 2.69. The molecule has 0 radical (unpaired) electrons. The summed E-state index contributed by atoms with van der Waals surface area (Å²) in [6.45, 7) is 8.82. The number of hydrogen-bond donors (Lipinski definition) is 1. The van der Waals surface area contributed by atoms with Gasteiger partial charge in [-0.3, -0.25) is 0 Å². The van der Waals surface area contributed by atoms with E-state index in [0.717, 1.165) is 12.5 Å². The van der Waals surface area contributed by atoms with Gasteiger partial charge >= 0.3 is 0 Å². The van der Waals surface area contributed by atoms with E-state index in [1.165, 1.54) is 19.4 Å². The Morgan fingerprint density at radius 1 is 1.38 bits per heavy atom. The minimum absolute atomic E-state index is 0.304. The molecule has 0 spiro atoms. The third-order valence-electron chi connectivity index (χ3n) is 3.00. The second-order valence-corrected chi connectivity index (χ2v) is 5.50. The van der Waals surface area contributed by atoms with Crippen LogP contribution in [0.1, 0.15) is 33.6 Å². The van der Waals surface area contributed by atoms with Crippen LogP contribution >= 0.6 is 0 Å². The zero-order valence-corrected chi connectivity index (χ0v) is 9.51. The van der Waals surface area contributed by atoms with Crippen LogP contribution in [0.15, 0.2) is 0 Å². The minimum Gasteiger partial charge on any atom is -0.329 e. The first-order valence-electron chi connectivity index (χ1n) is 5.35. The van der Waals surface area contributed by atoms with E-state index >= 15 is 0 Å². The number of rotatable bonds is 4. The van der Waals surface area contributed by atoms with E-state index in [9.17, 15) is 0 Å². The van der Waals surface area contributed by atoms with E-state index in [1.54, 1.807) is 0 Å². The molecule has 0 aromatic rings. The molecule has 0 aromatic heterocycles. The van der Waals surface area contributed by atoms with Gasteiger partial charge in [-0.1, -0.05) is 20.8 Å². The van der Waals surface area contributed by atoms with Gasteiger partial charge < -0.3 is 10.6 Å². The van der Waals surface area contributed by atoms with Crippen molar-refractivity contribution in [1.82, 2.24) is 4.90 Å². The highest BCUT2D eigenvalue weighted by molar-refractivity contribution is 4.85. The molecule has 2 nitrogen and oxygen atoms in total. The van der Waals surface area contributed by atoms with Gasteiger partial charge in [-0.05, 0) is 31.2 Å². The first-order valence-corrected chi connectivity index (χ1v) is 5.35. The van der Waals surface area contributed by atoms with Gasteiger partial charge in [-0.15, -0.1) is 0 Å². The van der Waals surface area contributed by atoms with Gasteiger partial charge in [0.25, 0.3) is 0 Å². The molecular formula is C11H24N2. The summed E-state index contributed by atoms with van der Waals surface area (Å²) in [5.74, 6) is 0.960. The van der Waals surface area contributed by atoms with Crippen LogP contribution in [0.3, 0.4) is 0 Å². The third-order valence-corrected chi connectivity index (χ3v) is 3.00. The first kappa shape index (κ1) is 11.0. The second kappa shape index (κ2) is 3.97. The van der Waals surface area contributed by atoms with E-state index in [0.29, 0.717) is 11.5 Å². The molecule has 1 aliphatic carbocycles. The maximum Gasteiger partial charge on any atom is 0.0263 e. The van der Waals surface area contributed by atoms with Crippen molar-refractivity contribution < 1.29 is 0 Å². The quantitative estimate of drug-likeness (QED) is 0.720. The lowest BCUT2D eigenvalue weighted by molar-refractivity contribution is 0.127. The van der Waals surface area contributed by atoms with Crippen molar-refractivity contribution >= 4 is 0 Å². The summed E-state index contributed by atoms with van der Waals surface area (Å²) in [6.07, 6.45) is 2.84. The maximum atomic E-state index is 5.81. The lowest BCUT2D eigenvalue weighted by Crippen LogP contribution is -2.47. The molecule has 2 N–H and O–H groups in total. The summed E-state index contributed by atoms with van der Waals surface area (Å²) >= 11 is 0. The molecule has 0 aliphatic heterocycles. The second-order valence-electron chi connectivity index (χ2n) is 5.50. The van der Waals surface area contributed by atoms with Gasteiger partial charge in [0.05, 0.1) is 0 Å². The molecule has 1 saturated carbocycles. The molecule has 0 saturated heterocycles. The van der Waals surface area contributed by atoms with Crippen LogP contribution in [0.4, 0.5) is 0 Å². The average molecular weight is 184 g/mol. The van der Waals surface area contributed by atoms with Gasteiger partial charge in [0.2, 0.25) is 0 Å². The predicted molar refractivity (Wildman–Crippen MR) is 57.7 cm³/mol. The van der Waals surface area contributed by atoms with Crippen molar-refractivity contribution in [1.29, 1.82) is 0 Å². The fourth-order valence-electron chi connectivity index (χ4n) is 2.03. The Morgan fingerprint density at radius 3 is 2.23 bits per heavy atom. The monoisotopic (exact) mass is 184 g/mol. The van der Waals surface area contributed by atoms with Crippen LogP contribution in [0, 0.1) is 11.3 Å². The molecule has 0 amide bonds. The summed E-state index contributed by atoms with van der Waals surface area (Å²) in [5.41, 5.74) is 6.12. The van der Waals surface area contributed by atoms with E-state index in [-0.39, 0.29) is 0 Å². The Balaban J connectivity index is 2.43. The Morgan fingerprint density at radius 2 is 1.92 bits per heavy atom. The lowest BCUT2D eigenvalue weighted by Gasteiger charge is -2.37. The lowest BCUT2D eigenvalue weighted by atomic mass is 9.86. The molecule has 0 bridgehead atoms. The molecular weight excluding hydrogens is 160 g/mol. The molecule has 13 heavy (non-hydrogen) atoms. The van der Waals surface area contributed by atoms with Crippen LogP contribution in [0.5, 0.6) is 0 Å². The van der Waals surface area contributed by atoms with Crippen LogP contribution in [0.25, 0.3) is 0 Å². The fourth-order valence-corrected chi connectivity index (χ4v) is 2.03. The van der Waals surface area contributed by atoms with E-state index in [4.69, 9.17) is 5.73 Å². The zero-order chi connectivity index (χ0) is 10.1. The van der Waals surface area contributed by atoms with E-state index in [1.807, 2.05) is 0 Å². The normalized spacial score (nSPS) is 20.8. The Hall–Kier alpha value is -0.0800. The van der Waals surface area contributed by atoms with Crippen molar-refractivity contribution in [3.05, 3.63) is 0 Å². The van der Waals surface area contributed by atoms with Crippen molar-refractivity contribution in [2.75, 3.05) is 20.1 Å². The summed E-state index contributed by atoms with van der Waals surface area (Å²) in [7, 11) is 2.21. The third kappa shape index (κ3) is 3.28. The van der Waals surface area contributed by atoms with Crippen molar-refractivity contribution in [3.63, 3.8) is 0 Å². The molecule has 0 aromatic carbocycles. The topological polar surface area (TPSA) is 29.3 Å². The van der Waals surface area contributed by atoms with Gasteiger partial charge in [0, 0.05) is 19.1 Å². The zero-order valence-electron chi connectivity index (χ0n) is 9.51. The fraction of sp³-hybridized carbons (Fsp3) is 1.00. The first-order chi connectivity index (χ1) is 5.95. The number of nitrogens with two attached hydrogens (primary N) is 1. The highest BCUT2D eigenvalue weighted by Gasteiger charge is 2.31. The van der Waals surface area contributed by atoms with Gasteiger partial charge in [-0.25, -0.2) is 0 Å². The molecule has 1 unspecified atom stereocenters. The molecule has 0 heterocycles. The number of likely N-dealkylation sites (N-methyl/N-ethyl adjacent to an activating group) is 1. The number of nitrogens with zero attached hydrogens (tertiary/aromatic N) is 1. The Labute approximate surface area is 82.5 Å². The van der Waals surface area contributed by atoms with Crippen LogP contribution in [-0.4, -0.2) is 31.1 Å². The standard InChI is InChI=1S/C11H24N2/c1-11(2,3)10(7-12)13(4)8-9-5-6-9/h9-10H,5-8,12H2,1-4H3.